The van der Waals surface area contributed by atoms with Gasteiger partial charge in [-0.15, -0.1) is 0 Å². The Kier molecular flexibility index (Phi) is 4.52. The molecule has 0 spiro atoms. The molecule has 1 aromatic rings. The average Bonchev–Trinajstić information content (AvgIpc) is 2.17. The topological polar surface area (TPSA) is 72.8 Å². The summed E-state index contributed by atoms with van der Waals surface area (Å²) in [5, 5.41) is 0. The van der Waals surface area contributed by atoms with Crippen LogP contribution in [0.4, 0.5) is 0 Å². The molecule has 0 aromatic heterocycles. The van der Waals surface area contributed by atoms with Crippen molar-refractivity contribution in [1.82, 2.24) is 0 Å². The fourth-order valence-corrected chi connectivity index (χ4v) is 1.98. The quantitative estimate of drug-likeness (QED) is 0.631. The molecule has 0 saturated heterocycles. The zero-order chi connectivity index (χ0) is 12.0. The fraction of sp³-hybridized carbons (Fsp3) is 0.300. The minimum absolute atomic E-state index is 0.171. The second-order valence-electron chi connectivity index (χ2n) is 3.00. The van der Waals surface area contributed by atoms with Gasteiger partial charge in [-0.2, -0.15) is 0 Å². The first-order valence-corrected chi connectivity index (χ1v) is 6.52. The first-order valence-electron chi connectivity index (χ1n) is 4.75. The molecule has 0 amide bonds. The molecule has 1 aromatic carbocycles. The van der Waals surface area contributed by atoms with E-state index in [-0.39, 0.29) is 12.4 Å². The Labute approximate surface area is 93.5 Å². The third-order valence-electron chi connectivity index (χ3n) is 1.63. The van der Waals surface area contributed by atoms with Gasteiger partial charge in [0.05, 0.1) is 6.61 Å². The number of esters is 1. The monoisotopic (exact) mass is 244 g/mol. The Bertz CT molecular complexity index is 389. The smallest absolute Gasteiger partial charge is 0.387 e. The molecule has 16 heavy (non-hydrogen) atoms. The van der Waals surface area contributed by atoms with E-state index in [2.05, 4.69) is 4.74 Å². The van der Waals surface area contributed by atoms with Crippen molar-refractivity contribution in [3.8, 4) is 5.75 Å². The summed E-state index contributed by atoms with van der Waals surface area (Å²) in [7, 11) is -3.97. The van der Waals surface area contributed by atoms with Crippen molar-refractivity contribution in [2.45, 2.75) is 6.92 Å². The predicted molar refractivity (Wildman–Crippen MR) is 58.4 cm³/mol. The molecule has 0 bridgehead atoms. The summed E-state index contributed by atoms with van der Waals surface area (Å²) in [5.41, 5.74) is 0. The molecule has 0 aliphatic heterocycles. The Morgan fingerprint density at radius 1 is 1.38 bits per heavy atom. The minimum Gasteiger partial charge on any atom is -0.465 e. The number of ether oxygens (including phenoxy) is 1. The molecule has 1 N–H and O–H groups in total. The summed E-state index contributed by atoms with van der Waals surface area (Å²) in [5.74, 6) is -0.498. The van der Waals surface area contributed by atoms with Crippen molar-refractivity contribution in [2.24, 2.45) is 0 Å². The van der Waals surface area contributed by atoms with Crippen LogP contribution in [0.15, 0.2) is 30.3 Å². The van der Waals surface area contributed by atoms with E-state index in [1.807, 2.05) is 0 Å². The van der Waals surface area contributed by atoms with Gasteiger partial charge in [0.1, 0.15) is 5.75 Å². The van der Waals surface area contributed by atoms with E-state index in [0.717, 1.165) is 0 Å². The van der Waals surface area contributed by atoms with E-state index < -0.39 is 19.7 Å². The van der Waals surface area contributed by atoms with Crippen LogP contribution in [0.1, 0.15) is 6.92 Å². The highest BCUT2D eigenvalue weighted by molar-refractivity contribution is 7.54. The first-order chi connectivity index (χ1) is 7.53. The van der Waals surface area contributed by atoms with E-state index in [0.29, 0.717) is 0 Å². The number of benzene rings is 1. The van der Waals surface area contributed by atoms with E-state index in [1.54, 1.807) is 25.1 Å². The number of carbonyl (C=O) groups excluding carboxylic acids is 1. The minimum atomic E-state index is -3.97. The van der Waals surface area contributed by atoms with E-state index in [4.69, 9.17) is 4.52 Å². The van der Waals surface area contributed by atoms with Crippen molar-refractivity contribution in [2.75, 3.05) is 12.8 Å². The lowest BCUT2D eigenvalue weighted by Crippen LogP contribution is -2.12. The highest BCUT2D eigenvalue weighted by Gasteiger charge is 2.26. The van der Waals surface area contributed by atoms with Crippen molar-refractivity contribution in [3.05, 3.63) is 30.3 Å². The molecular weight excluding hydrogens is 231 g/mol. The van der Waals surface area contributed by atoms with Crippen LogP contribution >= 0.6 is 7.60 Å². The standard InChI is InChI=1S/C10H13O5P/c1-2-14-10(11)8-16(12,13)15-9-6-4-3-5-7-9/h3-7H,2,8H2,1H3,(H,12,13). The van der Waals surface area contributed by atoms with Gasteiger partial charge >= 0.3 is 13.6 Å². The highest BCUT2D eigenvalue weighted by atomic mass is 31.2. The molecule has 5 nitrogen and oxygen atoms in total. The van der Waals surface area contributed by atoms with Crippen LogP contribution < -0.4 is 4.52 Å². The van der Waals surface area contributed by atoms with Crippen LogP contribution in [0.25, 0.3) is 0 Å². The zero-order valence-electron chi connectivity index (χ0n) is 8.83. The largest absolute Gasteiger partial charge is 0.465 e. The molecule has 0 aliphatic carbocycles. The maximum absolute atomic E-state index is 11.5. The van der Waals surface area contributed by atoms with Gasteiger partial charge < -0.3 is 14.2 Å². The van der Waals surface area contributed by atoms with E-state index >= 15 is 0 Å². The van der Waals surface area contributed by atoms with Crippen molar-refractivity contribution >= 4 is 13.6 Å². The maximum atomic E-state index is 11.5. The molecule has 1 atom stereocenters. The number of hydrogen-bond donors (Lipinski definition) is 1. The Morgan fingerprint density at radius 2 is 2.00 bits per heavy atom. The van der Waals surface area contributed by atoms with Crippen LogP contribution in [0.5, 0.6) is 5.75 Å². The lowest BCUT2D eigenvalue weighted by Gasteiger charge is -2.12. The third-order valence-corrected chi connectivity index (χ3v) is 2.78. The summed E-state index contributed by atoms with van der Waals surface area (Å²) < 4.78 is 20.9. The van der Waals surface area contributed by atoms with E-state index in [9.17, 15) is 14.3 Å². The molecule has 1 rings (SSSR count). The van der Waals surface area contributed by atoms with Gasteiger partial charge in [0.2, 0.25) is 0 Å². The maximum Gasteiger partial charge on any atom is 0.387 e. The lowest BCUT2D eigenvalue weighted by molar-refractivity contribution is -0.140. The fourth-order valence-electron chi connectivity index (χ4n) is 1.05. The SMILES string of the molecule is CCOC(=O)CP(=O)(O)Oc1ccccc1. The summed E-state index contributed by atoms with van der Waals surface area (Å²) in [6.45, 7) is 1.79. The molecule has 0 fully saturated rings. The second kappa shape index (κ2) is 5.68. The first kappa shape index (κ1) is 12.7. The van der Waals surface area contributed by atoms with Crippen LogP contribution in [-0.4, -0.2) is 23.6 Å². The molecule has 1 unspecified atom stereocenters. The summed E-state index contributed by atoms with van der Waals surface area (Å²) in [6.07, 6.45) is -0.643. The van der Waals surface area contributed by atoms with Gasteiger partial charge in [-0.05, 0) is 19.1 Å². The van der Waals surface area contributed by atoms with Crippen molar-refractivity contribution in [3.63, 3.8) is 0 Å². The zero-order valence-corrected chi connectivity index (χ0v) is 9.72. The number of hydrogen-bond acceptors (Lipinski definition) is 4. The molecule has 0 saturated carbocycles. The highest BCUT2D eigenvalue weighted by Crippen LogP contribution is 2.42. The predicted octanol–water partition coefficient (Wildman–Crippen LogP) is 1.81. The number of para-hydroxylation sites is 1. The summed E-state index contributed by atoms with van der Waals surface area (Å²) in [4.78, 5) is 20.4. The Hall–Kier alpha value is -1.32. The van der Waals surface area contributed by atoms with Crippen LogP contribution in [0.3, 0.4) is 0 Å². The van der Waals surface area contributed by atoms with Crippen molar-refractivity contribution in [1.29, 1.82) is 0 Å². The third kappa shape index (κ3) is 4.47. The lowest BCUT2D eigenvalue weighted by atomic mass is 10.3. The van der Waals surface area contributed by atoms with Gasteiger partial charge in [-0.1, -0.05) is 18.2 Å². The Morgan fingerprint density at radius 3 is 2.56 bits per heavy atom. The molecule has 0 aliphatic rings. The number of carbonyl (C=O) groups is 1. The second-order valence-corrected chi connectivity index (χ2v) is 4.78. The molecule has 0 heterocycles. The normalized spacial score (nSPS) is 13.9. The van der Waals surface area contributed by atoms with Crippen molar-refractivity contribution < 1.29 is 23.5 Å². The number of rotatable bonds is 5. The molecule has 0 radical (unpaired) electrons. The average molecular weight is 244 g/mol. The van der Waals surface area contributed by atoms with Gasteiger partial charge in [0.25, 0.3) is 0 Å². The van der Waals surface area contributed by atoms with Crippen LogP contribution in [-0.2, 0) is 14.1 Å². The summed E-state index contributed by atoms with van der Waals surface area (Å²) >= 11 is 0. The van der Waals surface area contributed by atoms with Crippen LogP contribution in [0.2, 0.25) is 0 Å². The molecular formula is C10H13O5P. The molecule has 88 valence electrons. The summed E-state index contributed by atoms with van der Waals surface area (Å²) in [6, 6.07) is 8.15. The van der Waals surface area contributed by atoms with Gasteiger partial charge in [0.15, 0.2) is 6.16 Å². The van der Waals surface area contributed by atoms with Gasteiger partial charge in [-0.3, -0.25) is 4.79 Å². The van der Waals surface area contributed by atoms with Gasteiger partial charge in [-0.25, -0.2) is 4.57 Å². The molecule has 6 heteroatoms. The van der Waals surface area contributed by atoms with Crippen LogP contribution in [0, 0.1) is 0 Å². The van der Waals surface area contributed by atoms with E-state index in [1.165, 1.54) is 12.1 Å². The Balaban J connectivity index is 2.58. The van der Waals surface area contributed by atoms with Gasteiger partial charge in [0, 0.05) is 0 Å².